The van der Waals surface area contributed by atoms with Crippen molar-refractivity contribution < 1.29 is 80.8 Å². The van der Waals surface area contributed by atoms with Gasteiger partial charge < -0.3 is 62.2 Å². The van der Waals surface area contributed by atoms with Gasteiger partial charge in [0.15, 0.2) is 0 Å². The summed E-state index contributed by atoms with van der Waals surface area (Å²) in [5.74, 6) is -2.38. The number of esters is 1. The van der Waals surface area contributed by atoms with Crippen molar-refractivity contribution in [3.8, 4) is 0 Å². The molecule has 2 aliphatic heterocycles. The number of anilines is 1. The average Bonchev–Trinajstić information content (AvgIpc) is 3.50. The van der Waals surface area contributed by atoms with E-state index in [9.17, 15) is 24.0 Å². The van der Waals surface area contributed by atoms with Crippen molar-refractivity contribution >= 4 is 35.3 Å². The molecule has 346 valence electrons. The predicted molar refractivity (Wildman–Crippen MR) is 216 cm³/mol. The number of hydrogen-bond acceptors (Lipinski definition) is 18. The fourth-order valence-corrected chi connectivity index (χ4v) is 5.71. The zero-order valence-electron chi connectivity index (χ0n) is 35.5. The van der Waals surface area contributed by atoms with Crippen molar-refractivity contribution in [1.29, 1.82) is 0 Å². The molecule has 1 aromatic rings. The van der Waals surface area contributed by atoms with Gasteiger partial charge in [-0.25, -0.2) is 0 Å². The van der Waals surface area contributed by atoms with Crippen LogP contribution in [0.3, 0.4) is 0 Å². The molecule has 0 aromatic heterocycles. The standard InChI is InChI=1S/C41H65N3O17/c1-2-4-37(46)61-32-31-60-30-29-59-28-27-58-26-25-57-24-23-56-22-21-55-20-19-54-18-17-53-16-15-52-14-13-51-12-11-50-10-9-42-34-6-3-5-33-38(34)41(49)44(40(33)48)35-7-8-36(45)43-39(35)47/h3,5-6,35,42H,2,4,7-32H2,1H3,(H,43,45,47). The van der Waals surface area contributed by atoms with Crippen LogP contribution >= 0.6 is 0 Å². The lowest BCUT2D eigenvalue weighted by Gasteiger charge is -2.27. The maximum Gasteiger partial charge on any atom is 0.305 e. The van der Waals surface area contributed by atoms with Gasteiger partial charge in [0, 0.05) is 25.1 Å². The normalized spacial score (nSPS) is 15.1. The number of nitrogens with one attached hydrogen (secondary N) is 2. The number of piperidine rings is 1. The predicted octanol–water partition coefficient (Wildman–Crippen LogP) is 1.03. The first-order chi connectivity index (χ1) is 29.9. The highest BCUT2D eigenvalue weighted by molar-refractivity contribution is 6.25. The molecule has 4 amide bonds. The van der Waals surface area contributed by atoms with Gasteiger partial charge >= 0.3 is 5.97 Å². The first-order valence-corrected chi connectivity index (χ1v) is 21.0. The van der Waals surface area contributed by atoms with Crippen LogP contribution in [0.1, 0.15) is 53.3 Å². The van der Waals surface area contributed by atoms with Crippen molar-refractivity contribution in [1.82, 2.24) is 10.2 Å². The zero-order valence-corrected chi connectivity index (χ0v) is 35.5. The van der Waals surface area contributed by atoms with Gasteiger partial charge in [-0.05, 0) is 25.0 Å². The molecule has 0 radical (unpaired) electrons. The Bertz CT molecular complexity index is 1400. The van der Waals surface area contributed by atoms with Gasteiger partial charge in [-0.15, -0.1) is 0 Å². The summed E-state index contributed by atoms with van der Waals surface area (Å²) in [6.45, 7) is 12.2. The Hall–Kier alpha value is -3.67. The maximum absolute atomic E-state index is 13.2. The third kappa shape index (κ3) is 22.3. The number of fused-ring (bicyclic) bond motifs is 1. The van der Waals surface area contributed by atoms with Gasteiger partial charge in [-0.3, -0.25) is 34.2 Å². The van der Waals surface area contributed by atoms with E-state index in [1.54, 1.807) is 18.2 Å². The molecule has 61 heavy (non-hydrogen) atoms. The van der Waals surface area contributed by atoms with Crippen molar-refractivity contribution in [2.75, 3.05) is 164 Å². The first kappa shape index (κ1) is 51.7. The Morgan fingerprint density at radius 2 is 1.00 bits per heavy atom. The molecule has 0 spiro atoms. The molecule has 2 heterocycles. The molecular formula is C41H65N3O17. The van der Waals surface area contributed by atoms with Crippen LogP contribution in [0.25, 0.3) is 0 Å². The van der Waals surface area contributed by atoms with Gasteiger partial charge in [0.25, 0.3) is 11.8 Å². The van der Waals surface area contributed by atoms with E-state index in [0.29, 0.717) is 164 Å². The van der Waals surface area contributed by atoms with Crippen molar-refractivity contribution in [2.24, 2.45) is 0 Å². The van der Waals surface area contributed by atoms with E-state index < -0.39 is 29.7 Å². The van der Waals surface area contributed by atoms with E-state index in [1.165, 1.54) is 0 Å². The Balaban J connectivity index is 0.973. The van der Waals surface area contributed by atoms with Crippen LogP contribution in [0.4, 0.5) is 5.69 Å². The summed E-state index contributed by atoms with van der Waals surface area (Å²) in [4.78, 5) is 62.1. The third-order valence-electron chi connectivity index (χ3n) is 8.69. The molecule has 1 saturated heterocycles. The van der Waals surface area contributed by atoms with E-state index in [2.05, 4.69) is 10.6 Å². The topological polar surface area (TPSA) is 223 Å². The van der Waals surface area contributed by atoms with Gasteiger partial charge in [0.1, 0.15) is 12.6 Å². The summed E-state index contributed by atoms with van der Waals surface area (Å²) in [6.07, 6.45) is 1.37. The lowest BCUT2D eigenvalue weighted by Crippen LogP contribution is -2.54. The summed E-state index contributed by atoms with van der Waals surface area (Å²) in [6, 6.07) is 3.89. The number of rotatable bonds is 40. The quantitative estimate of drug-likeness (QED) is 0.0534. The molecule has 1 unspecified atom stereocenters. The maximum atomic E-state index is 13.2. The largest absolute Gasteiger partial charge is 0.463 e. The number of imide groups is 2. The molecule has 1 atom stereocenters. The second-order valence-corrected chi connectivity index (χ2v) is 13.3. The molecule has 2 N–H and O–H groups in total. The Morgan fingerprint density at radius 1 is 0.590 bits per heavy atom. The average molecular weight is 872 g/mol. The Kier molecular flexibility index (Phi) is 28.7. The minimum atomic E-state index is -1.01. The zero-order chi connectivity index (χ0) is 43.6. The minimum Gasteiger partial charge on any atom is -0.463 e. The number of ether oxygens (including phenoxy) is 12. The third-order valence-corrected chi connectivity index (χ3v) is 8.69. The second-order valence-electron chi connectivity index (χ2n) is 13.3. The second kappa shape index (κ2) is 33.9. The lowest BCUT2D eigenvalue weighted by molar-refractivity contribution is -0.145. The lowest BCUT2D eigenvalue weighted by atomic mass is 10.0. The number of amides is 4. The van der Waals surface area contributed by atoms with Crippen LogP contribution in [-0.2, 0) is 71.2 Å². The van der Waals surface area contributed by atoms with Crippen LogP contribution in [0, 0.1) is 0 Å². The molecule has 1 aromatic carbocycles. The van der Waals surface area contributed by atoms with E-state index in [-0.39, 0.29) is 36.5 Å². The minimum absolute atomic E-state index is 0.0621. The monoisotopic (exact) mass is 871 g/mol. The van der Waals surface area contributed by atoms with E-state index >= 15 is 0 Å². The summed E-state index contributed by atoms with van der Waals surface area (Å²) >= 11 is 0. The molecule has 2 aliphatic rings. The molecule has 0 aliphatic carbocycles. The SMILES string of the molecule is CCCC(=O)OCCOCCOCCOCCOCCOCCOCCOCCOCCOCCOCCOCCNc1cccc2c1C(=O)N(C1CCC(=O)NC1=O)C2=O. The van der Waals surface area contributed by atoms with Crippen LogP contribution in [-0.4, -0.2) is 199 Å². The van der Waals surface area contributed by atoms with E-state index in [1.807, 2.05) is 6.92 Å². The number of benzene rings is 1. The summed E-state index contributed by atoms with van der Waals surface area (Å²) in [7, 11) is 0. The molecule has 0 bridgehead atoms. The van der Waals surface area contributed by atoms with Gasteiger partial charge in [0.2, 0.25) is 11.8 Å². The Morgan fingerprint density at radius 3 is 1.41 bits per heavy atom. The van der Waals surface area contributed by atoms with Crippen molar-refractivity contribution in [3.63, 3.8) is 0 Å². The smallest absolute Gasteiger partial charge is 0.305 e. The number of carbonyl (C=O) groups is 5. The summed E-state index contributed by atoms with van der Waals surface area (Å²) in [5.41, 5.74) is 0.896. The van der Waals surface area contributed by atoms with E-state index in [0.717, 1.165) is 11.3 Å². The molecular weight excluding hydrogens is 806 g/mol. The van der Waals surface area contributed by atoms with Crippen molar-refractivity contribution in [3.05, 3.63) is 29.3 Å². The van der Waals surface area contributed by atoms with Crippen molar-refractivity contribution in [2.45, 2.75) is 38.6 Å². The number of hydrogen-bond donors (Lipinski definition) is 2. The van der Waals surface area contributed by atoms with E-state index in [4.69, 9.17) is 56.8 Å². The molecule has 0 saturated carbocycles. The van der Waals surface area contributed by atoms with Gasteiger partial charge in [0.05, 0.1) is 156 Å². The molecule has 20 heteroatoms. The number of nitrogens with zero attached hydrogens (tertiary/aromatic N) is 1. The molecule has 20 nitrogen and oxygen atoms in total. The number of carbonyl (C=O) groups excluding carboxylic acids is 5. The van der Waals surface area contributed by atoms with Gasteiger partial charge in [-0.1, -0.05) is 13.0 Å². The van der Waals surface area contributed by atoms with Crippen LogP contribution in [0.5, 0.6) is 0 Å². The first-order valence-electron chi connectivity index (χ1n) is 21.0. The summed E-state index contributed by atoms with van der Waals surface area (Å²) in [5, 5.41) is 5.33. The fourth-order valence-electron chi connectivity index (χ4n) is 5.71. The van der Waals surface area contributed by atoms with Gasteiger partial charge in [-0.2, -0.15) is 0 Å². The highest BCUT2D eigenvalue weighted by atomic mass is 16.6. The Labute approximate surface area is 357 Å². The van der Waals surface area contributed by atoms with Crippen LogP contribution in [0.15, 0.2) is 18.2 Å². The molecule has 1 fully saturated rings. The fraction of sp³-hybridized carbons (Fsp3) is 0.732. The highest BCUT2D eigenvalue weighted by Crippen LogP contribution is 2.32. The van der Waals surface area contributed by atoms with Crippen LogP contribution < -0.4 is 10.6 Å². The highest BCUT2D eigenvalue weighted by Gasteiger charge is 2.45. The van der Waals surface area contributed by atoms with Crippen LogP contribution in [0.2, 0.25) is 0 Å². The summed E-state index contributed by atoms with van der Waals surface area (Å²) < 4.78 is 65.3. The molecule has 3 rings (SSSR count).